The summed E-state index contributed by atoms with van der Waals surface area (Å²) in [6.07, 6.45) is 1.82. The molecular formula is C26H32N10O6. The highest BCUT2D eigenvalue weighted by Crippen LogP contribution is 2.44. The second kappa shape index (κ2) is 9.42. The smallest absolute Gasteiger partial charge is 0.270 e. The predicted molar refractivity (Wildman–Crippen MR) is 146 cm³/mol. The number of carbonyl (C=O) groups is 2. The molecule has 1 aromatic heterocycles. The first kappa shape index (κ1) is 27.5. The van der Waals surface area contributed by atoms with E-state index in [9.17, 15) is 24.9 Å². The zero-order valence-corrected chi connectivity index (χ0v) is 22.9. The number of guanidine groups is 2. The molecule has 5 heterocycles. The average Bonchev–Trinajstić information content (AvgIpc) is 3.40. The highest BCUT2D eigenvalue weighted by atomic mass is 16.5. The van der Waals surface area contributed by atoms with Crippen LogP contribution in [0.15, 0.2) is 30.6 Å². The van der Waals surface area contributed by atoms with Crippen molar-refractivity contribution in [1.82, 2.24) is 41.5 Å². The molecule has 4 unspecified atom stereocenters. The third-order valence-electron chi connectivity index (χ3n) is 8.53. The molecule has 0 aliphatic carbocycles. The van der Waals surface area contributed by atoms with Crippen molar-refractivity contribution in [3.8, 4) is 11.6 Å². The zero-order chi connectivity index (χ0) is 30.0. The number of aromatic hydroxyl groups is 1. The maximum atomic E-state index is 13.6. The van der Waals surface area contributed by atoms with Crippen molar-refractivity contribution in [2.75, 3.05) is 19.7 Å². The number of carbonyl (C=O) groups excluding carboxylic acids is 2. The van der Waals surface area contributed by atoms with Crippen LogP contribution in [0.3, 0.4) is 0 Å². The molecule has 3 fully saturated rings. The van der Waals surface area contributed by atoms with Gasteiger partial charge in [0.15, 0.2) is 17.6 Å². The molecule has 16 nitrogen and oxygen atoms in total. The van der Waals surface area contributed by atoms with Gasteiger partial charge in [-0.15, -0.1) is 0 Å². The van der Waals surface area contributed by atoms with E-state index >= 15 is 0 Å². The number of aliphatic hydroxyl groups is 2. The first-order valence-electron chi connectivity index (χ1n) is 13.4. The Labute approximate surface area is 239 Å². The summed E-state index contributed by atoms with van der Waals surface area (Å²) in [5, 5.41) is 63.8. The van der Waals surface area contributed by atoms with Crippen LogP contribution in [0.1, 0.15) is 46.7 Å². The van der Waals surface area contributed by atoms with Crippen molar-refractivity contribution in [3.05, 3.63) is 47.4 Å². The molecule has 1 aromatic carbocycles. The molecular weight excluding hydrogens is 548 g/mol. The Balaban J connectivity index is 1.26. The van der Waals surface area contributed by atoms with E-state index < -0.39 is 41.4 Å². The number of fused-ring (bicyclic) bond motifs is 1. The largest absolute Gasteiger partial charge is 0.493 e. The fourth-order valence-electron chi connectivity index (χ4n) is 6.30. The van der Waals surface area contributed by atoms with Crippen LogP contribution in [-0.2, 0) is 5.41 Å². The molecule has 42 heavy (non-hydrogen) atoms. The molecule has 1 spiro atoms. The molecule has 3 saturated heterocycles. The summed E-state index contributed by atoms with van der Waals surface area (Å²) >= 11 is 0. The van der Waals surface area contributed by atoms with Gasteiger partial charge in [-0.3, -0.25) is 20.4 Å². The van der Waals surface area contributed by atoms with Crippen LogP contribution in [0, 0.1) is 10.8 Å². The third kappa shape index (κ3) is 4.05. The third-order valence-corrected chi connectivity index (χ3v) is 8.53. The second-order valence-corrected chi connectivity index (χ2v) is 11.5. The maximum absolute atomic E-state index is 13.6. The number of amides is 2. The Kier molecular flexibility index (Phi) is 6.16. The molecule has 4 aliphatic rings. The van der Waals surface area contributed by atoms with Gasteiger partial charge in [0.25, 0.3) is 11.8 Å². The van der Waals surface area contributed by atoms with Gasteiger partial charge in [-0.25, -0.2) is 9.97 Å². The van der Waals surface area contributed by atoms with E-state index in [4.69, 9.17) is 15.6 Å². The molecule has 16 heteroatoms. The molecule has 0 radical (unpaired) electrons. The van der Waals surface area contributed by atoms with Crippen molar-refractivity contribution < 1.29 is 29.6 Å². The Morgan fingerprint density at radius 1 is 1.19 bits per heavy atom. The number of hydrogen-bond acceptors (Lipinski definition) is 10. The molecule has 0 saturated carbocycles. The molecule has 222 valence electrons. The highest BCUT2D eigenvalue weighted by molar-refractivity contribution is 5.98. The lowest BCUT2D eigenvalue weighted by atomic mass is 9.79. The van der Waals surface area contributed by atoms with E-state index in [1.165, 1.54) is 4.90 Å². The van der Waals surface area contributed by atoms with Crippen LogP contribution in [0.4, 0.5) is 0 Å². The molecule has 10 N–H and O–H groups in total. The monoisotopic (exact) mass is 580 g/mol. The van der Waals surface area contributed by atoms with Gasteiger partial charge in [-0.1, -0.05) is 26.0 Å². The van der Waals surface area contributed by atoms with Crippen LogP contribution < -0.4 is 31.3 Å². The first-order valence-corrected chi connectivity index (χ1v) is 13.4. The van der Waals surface area contributed by atoms with Gasteiger partial charge in [0, 0.05) is 24.7 Å². The minimum absolute atomic E-state index is 0.0900. The Morgan fingerprint density at radius 3 is 2.74 bits per heavy atom. The summed E-state index contributed by atoms with van der Waals surface area (Å²) in [4.78, 5) is 34.9. The van der Waals surface area contributed by atoms with E-state index in [-0.39, 0.29) is 47.6 Å². The van der Waals surface area contributed by atoms with Crippen molar-refractivity contribution >= 4 is 23.7 Å². The molecule has 0 bridgehead atoms. The fraction of sp³-hybridized carbons (Fsp3) is 0.462. The van der Waals surface area contributed by atoms with Gasteiger partial charge in [-0.05, 0) is 17.9 Å². The Morgan fingerprint density at radius 2 is 1.98 bits per heavy atom. The van der Waals surface area contributed by atoms with Gasteiger partial charge in [-0.2, -0.15) is 0 Å². The number of rotatable bonds is 5. The topological polar surface area (TPSA) is 241 Å². The first-order chi connectivity index (χ1) is 19.8. The Hall–Kier alpha value is -4.70. The van der Waals surface area contributed by atoms with E-state index in [0.29, 0.717) is 12.4 Å². The summed E-state index contributed by atoms with van der Waals surface area (Å²) in [5.41, 5.74) is -1.01. The normalized spacial score (nSPS) is 28.2. The van der Waals surface area contributed by atoms with E-state index in [0.717, 1.165) is 24.4 Å². The standard InChI is InChI=1S/C26H32N10O6/c1-24(2)6-7-42-18-12(4-3-5-13(18)24)20(38)33-16-10-36-23(28)32-15(9-29-21(39)14-8-17(37)31-11-30-14)19-25(36,26(16,40)41)35-22(27)34-19/h3-5,8,11,15-16,19,40-41H,6-7,9-10H2,1-2H3,(H2,28,32)(H,29,39)(H,33,38)(H3,27,34,35)(H,30,31,37). The van der Waals surface area contributed by atoms with Gasteiger partial charge in [0.05, 0.1) is 24.3 Å². The number of para-hydroxylation sites is 1. The minimum atomic E-state index is -2.69. The van der Waals surface area contributed by atoms with Crippen LogP contribution in [0.5, 0.6) is 11.6 Å². The van der Waals surface area contributed by atoms with Crippen molar-refractivity contribution in [3.63, 3.8) is 0 Å². The van der Waals surface area contributed by atoms with Crippen LogP contribution in [-0.4, -0.2) is 103 Å². The zero-order valence-electron chi connectivity index (χ0n) is 22.9. The lowest BCUT2D eigenvalue weighted by molar-refractivity contribution is -0.232. The summed E-state index contributed by atoms with van der Waals surface area (Å²) in [7, 11) is 0. The maximum Gasteiger partial charge on any atom is 0.270 e. The number of aromatic nitrogens is 2. The minimum Gasteiger partial charge on any atom is -0.493 e. The SMILES string of the molecule is CC1(C)CCOc2c(C(=O)NC3CN4C(=N)NC(CNC(=O)c5cc(O)ncn5)C5NC(=N)NC54C3(O)O)cccc21. The Bertz CT molecular complexity index is 1500. The fourth-order valence-corrected chi connectivity index (χ4v) is 6.30. The number of benzene rings is 1. The van der Waals surface area contributed by atoms with Gasteiger partial charge >= 0.3 is 0 Å². The highest BCUT2D eigenvalue weighted by Gasteiger charge is 2.74. The number of nitrogens with one attached hydrogen (secondary N) is 7. The molecule has 2 aromatic rings. The predicted octanol–water partition coefficient (Wildman–Crippen LogP) is -2.13. The molecule has 4 aliphatic heterocycles. The lowest BCUT2D eigenvalue weighted by Gasteiger charge is -2.51. The summed E-state index contributed by atoms with van der Waals surface area (Å²) in [6.45, 7) is 4.28. The summed E-state index contributed by atoms with van der Waals surface area (Å²) in [5.74, 6) is -4.27. The quantitative estimate of drug-likeness (QED) is 0.171. The number of hydrogen-bond donors (Lipinski definition) is 10. The second-order valence-electron chi connectivity index (χ2n) is 11.5. The van der Waals surface area contributed by atoms with Crippen LogP contribution >= 0.6 is 0 Å². The molecule has 4 atom stereocenters. The van der Waals surface area contributed by atoms with Crippen LogP contribution in [0.25, 0.3) is 0 Å². The molecule has 2 amide bonds. The average molecular weight is 581 g/mol. The van der Waals surface area contributed by atoms with Crippen molar-refractivity contribution in [1.29, 1.82) is 10.8 Å². The number of nitrogens with zero attached hydrogens (tertiary/aromatic N) is 3. The summed E-state index contributed by atoms with van der Waals surface area (Å²) in [6, 6.07) is 3.31. The number of ether oxygens (including phenoxy) is 1. The van der Waals surface area contributed by atoms with E-state index in [1.54, 1.807) is 12.1 Å². The van der Waals surface area contributed by atoms with Crippen LogP contribution in [0.2, 0.25) is 0 Å². The summed E-state index contributed by atoms with van der Waals surface area (Å²) < 4.78 is 5.87. The van der Waals surface area contributed by atoms with E-state index in [2.05, 4.69) is 50.4 Å². The molecule has 6 rings (SSSR count). The van der Waals surface area contributed by atoms with E-state index in [1.807, 2.05) is 6.07 Å². The van der Waals surface area contributed by atoms with Crippen molar-refractivity contribution in [2.45, 2.75) is 55.3 Å². The van der Waals surface area contributed by atoms with Gasteiger partial charge in [0.2, 0.25) is 11.7 Å². The van der Waals surface area contributed by atoms with Gasteiger partial charge in [0.1, 0.15) is 23.8 Å². The lowest BCUT2D eigenvalue weighted by Crippen LogP contribution is -2.81. The van der Waals surface area contributed by atoms with Crippen molar-refractivity contribution in [2.24, 2.45) is 0 Å². The van der Waals surface area contributed by atoms with Gasteiger partial charge < -0.3 is 51.5 Å².